The Bertz CT molecular complexity index is 322. The van der Waals surface area contributed by atoms with E-state index in [2.05, 4.69) is 17.1 Å². The fraction of sp³-hybridized carbons (Fsp3) is 0.778. The number of rotatable bonds is 1. The van der Waals surface area contributed by atoms with Gasteiger partial charge in [-0.3, -0.25) is 0 Å². The van der Waals surface area contributed by atoms with Crippen LogP contribution in [0.15, 0.2) is 4.42 Å². The summed E-state index contributed by atoms with van der Waals surface area (Å²) in [5.74, 6) is 2.15. The molecule has 1 aliphatic carbocycles. The first-order valence-electron chi connectivity index (χ1n) is 4.81. The molecule has 1 aromatic heterocycles. The second-order valence-corrected chi connectivity index (χ2v) is 4.28. The summed E-state index contributed by atoms with van der Waals surface area (Å²) in [6.45, 7) is 2.30. The van der Waals surface area contributed by atoms with Crippen molar-refractivity contribution in [2.75, 3.05) is 0 Å². The smallest absolute Gasteiger partial charge is 0.284 e. The highest BCUT2D eigenvalue weighted by Crippen LogP contribution is 2.34. The molecule has 0 atom stereocenters. The van der Waals surface area contributed by atoms with E-state index < -0.39 is 0 Å². The van der Waals surface area contributed by atoms with Crippen LogP contribution in [0.4, 0.5) is 0 Å². The molecule has 1 saturated carbocycles. The molecule has 0 unspecified atom stereocenters. The maximum absolute atomic E-state index is 5.31. The van der Waals surface area contributed by atoms with E-state index in [1.807, 2.05) is 0 Å². The fourth-order valence-corrected chi connectivity index (χ4v) is 2.05. The second kappa shape index (κ2) is 3.62. The molecule has 3 nitrogen and oxygen atoms in total. The molecule has 0 aliphatic heterocycles. The molecule has 2 rings (SSSR count). The lowest BCUT2D eigenvalue weighted by Crippen LogP contribution is -2.10. The van der Waals surface area contributed by atoms with Crippen LogP contribution in [0.5, 0.6) is 0 Å². The standard InChI is InChI=1S/C9H14N2OS/c1-6-2-4-7(5-3-6)8-10-11-9(13)12-8/h6-7H,2-5H2,1H3,(H,11,13). The largest absolute Gasteiger partial charge is 0.414 e. The SMILES string of the molecule is CC1CCC(c2n[nH]c(=S)o2)CC1. The Morgan fingerprint density at radius 1 is 1.38 bits per heavy atom. The molecule has 0 radical (unpaired) electrons. The van der Waals surface area contributed by atoms with Crippen LogP contribution in [-0.2, 0) is 0 Å². The molecule has 1 N–H and O–H groups in total. The lowest BCUT2D eigenvalue weighted by molar-refractivity contribution is 0.305. The summed E-state index contributed by atoms with van der Waals surface area (Å²) < 4.78 is 5.31. The molecule has 1 aliphatic rings. The average molecular weight is 198 g/mol. The summed E-state index contributed by atoms with van der Waals surface area (Å²) in [5, 5.41) is 6.74. The lowest BCUT2D eigenvalue weighted by atomic mass is 9.83. The molecule has 0 bridgehead atoms. The van der Waals surface area contributed by atoms with Gasteiger partial charge < -0.3 is 4.42 Å². The first-order valence-corrected chi connectivity index (χ1v) is 5.22. The summed E-state index contributed by atoms with van der Waals surface area (Å²) in [6, 6.07) is 0. The Labute approximate surface area is 82.5 Å². The molecular weight excluding hydrogens is 184 g/mol. The first-order chi connectivity index (χ1) is 6.25. The van der Waals surface area contributed by atoms with Gasteiger partial charge in [0.15, 0.2) is 0 Å². The van der Waals surface area contributed by atoms with Gasteiger partial charge in [0.05, 0.1) is 0 Å². The first kappa shape index (κ1) is 8.94. The summed E-state index contributed by atoms with van der Waals surface area (Å²) in [5.41, 5.74) is 0. The third kappa shape index (κ3) is 1.99. The summed E-state index contributed by atoms with van der Waals surface area (Å²) in [7, 11) is 0. The third-order valence-corrected chi connectivity index (χ3v) is 2.99. The molecule has 0 saturated heterocycles. The van der Waals surface area contributed by atoms with Gasteiger partial charge in [-0.1, -0.05) is 6.92 Å². The average Bonchev–Trinajstić information content (AvgIpc) is 2.53. The maximum Gasteiger partial charge on any atom is 0.284 e. The zero-order chi connectivity index (χ0) is 9.26. The highest BCUT2D eigenvalue weighted by atomic mass is 32.1. The Morgan fingerprint density at radius 2 is 2.08 bits per heavy atom. The van der Waals surface area contributed by atoms with Crippen molar-refractivity contribution in [2.24, 2.45) is 5.92 Å². The van der Waals surface area contributed by atoms with Crippen LogP contribution in [0.1, 0.15) is 44.4 Å². The number of hydrogen-bond acceptors (Lipinski definition) is 3. The maximum atomic E-state index is 5.31. The van der Waals surface area contributed by atoms with Gasteiger partial charge in [-0.2, -0.15) is 0 Å². The third-order valence-electron chi connectivity index (χ3n) is 2.82. The topological polar surface area (TPSA) is 41.8 Å². The number of aromatic amines is 1. The molecule has 1 aromatic rings. The number of hydrogen-bond donors (Lipinski definition) is 1. The van der Waals surface area contributed by atoms with Crippen LogP contribution >= 0.6 is 12.2 Å². The Kier molecular flexibility index (Phi) is 2.49. The summed E-state index contributed by atoms with van der Waals surface area (Å²) >= 11 is 4.84. The zero-order valence-electron chi connectivity index (χ0n) is 7.75. The van der Waals surface area contributed by atoms with E-state index in [0.717, 1.165) is 11.8 Å². The van der Waals surface area contributed by atoms with Crippen LogP contribution in [0, 0.1) is 10.8 Å². The Hall–Kier alpha value is -0.640. The van der Waals surface area contributed by atoms with Crippen molar-refractivity contribution in [3.8, 4) is 0 Å². The molecule has 1 heterocycles. The van der Waals surface area contributed by atoms with Gasteiger partial charge in [0, 0.05) is 5.92 Å². The highest BCUT2D eigenvalue weighted by molar-refractivity contribution is 7.71. The van der Waals surface area contributed by atoms with Gasteiger partial charge in [0.25, 0.3) is 4.84 Å². The Morgan fingerprint density at radius 3 is 2.62 bits per heavy atom. The van der Waals surface area contributed by atoms with Crippen molar-refractivity contribution in [1.29, 1.82) is 0 Å². The van der Waals surface area contributed by atoms with Crippen LogP contribution < -0.4 is 0 Å². The lowest BCUT2D eigenvalue weighted by Gasteiger charge is -2.23. The molecule has 4 heteroatoms. The number of H-pyrrole nitrogens is 1. The van der Waals surface area contributed by atoms with E-state index in [9.17, 15) is 0 Å². The number of aromatic nitrogens is 2. The van der Waals surface area contributed by atoms with Crippen LogP contribution in [0.2, 0.25) is 0 Å². The van der Waals surface area contributed by atoms with Gasteiger partial charge in [-0.25, -0.2) is 5.10 Å². The van der Waals surface area contributed by atoms with E-state index in [0.29, 0.717) is 10.8 Å². The van der Waals surface area contributed by atoms with Crippen molar-refractivity contribution in [2.45, 2.75) is 38.5 Å². The summed E-state index contributed by atoms with van der Waals surface area (Å²) in [6.07, 6.45) is 4.92. The molecule has 1 fully saturated rings. The molecular formula is C9H14N2OS. The van der Waals surface area contributed by atoms with Gasteiger partial charge in [-0.05, 0) is 43.8 Å². The zero-order valence-corrected chi connectivity index (χ0v) is 8.56. The van der Waals surface area contributed by atoms with Crippen molar-refractivity contribution >= 4 is 12.2 Å². The second-order valence-electron chi connectivity index (χ2n) is 3.91. The summed E-state index contributed by atoms with van der Waals surface area (Å²) in [4.78, 5) is 0.397. The van der Waals surface area contributed by atoms with E-state index >= 15 is 0 Å². The normalized spacial score (nSPS) is 29.0. The molecule has 0 spiro atoms. The van der Waals surface area contributed by atoms with Crippen molar-refractivity contribution in [3.63, 3.8) is 0 Å². The minimum Gasteiger partial charge on any atom is -0.414 e. The van der Waals surface area contributed by atoms with Crippen LogP contribution in [-0.4, -0.2) is 10.2 Å². The van der Waals surface area contributed by atoms with Crippen LogP contribution in [0.25, 0.3) is 0 Å². The predicted octanol–water partition coefficient (Wildman–Crippen LogP) is 3.03. The van der Waals surface area contributed by atoms with Crippen molar-refractivity contribution in [1.82, 2.24) is 10.2 Å². The van der Waals surface area contributed by atoms with E-state index in [1.165, 1.54) is 25.7 Å². The molecule has 0 aromatic carbocycles. The van der Waals surface area contributed by atoms with E-state index in [-0.39, 0.29) is 0 Å². The molecule has 72 valence electrons. The van der Waals surface area contributed by atoms with Crippen molar-refractivity contribution < 1.29 is 4.42 Å². The number of nitrogens with one attached hydrogen (secondary N) is 1. The van der Waals surface area contributed by atoms with Gasteiger partial charge >= 0.3 is 0 Å². The Balaban J connectivity index is 2.06. The minimum atomic E-state index is 0.397. The number of nitrogens with zero attached hydrogens (tertiary/aromatic N) is 1. The monoisotopic (exact) mass is 198 g/mol. The predicted molar refractivity (Wildman–Crippen MR) is 52.1 cm³/mol. The highest BCUT2D eigenvalue weighted by Gasteiger charge is 2.23. The van der Waals surface area contributed by atoms with Gasteiger partial charge in [-0.15, -0.1) is 5.10 Å². The van der Waals surface area contributed by atoms with Crippen LogP contribution in [0.3, 0.4) is 0 Å². The van der Waals surface area contributed by atoms with Gasteiger partial charge in [0.2, 0.25) is 5.89 Å². The van der Waals surface area contributed by atoms with E-state index in [1.54, 1.807) is 0 Å². The quantitative estimate of drug-likeness (QED) is 0.705. The molecule has 13 heavy (non-hydrogen) atoms. The van der Waals surface area contributed by atoms with E-state index in [4.69, 9.17) is 16.6 Å². The minimum absolute atomic E-state index is 0.397. The van der Waals surface area contributed by atoms with Crippen molar-refractivity contribution in [3.05, 3.63) is 10.7 Å². The molecule has 0 amide bonds. The van der Waals surface area contributed by atoms with Gasteiger partial charge in [0.1, 0.15) is 0 Å². The fourth-order valence-electron chi connectivity index (χ4n) is 1.92.